The van der Waals surface area contributed by atoms with Crippen LogP contribution in [0, 0.1) is 5.92 Å². The van der Waals surface area contributed by atoms with Gasteiger partial charge in [-0.25, -0.2) is 0 Å². The number of rotatable bonds is 18. The predicted molar refractivity (Wildman–Crippen MR) is 227 cm³/mol. The molecular formula is C46H38F6N2O8S2. The maximum Gasteiger partial charge on any atom is 0.573 e. The standard InChI is InChI=1S/C46H38F6N2O8S2/c1-26(27-8-4-2-5-9-27)41(54-43(58)39-21-32(25-64-39)29-14-18-34(19-15-29)62-46(50,51)52)36(44(59)60)22-35(30-10-6-3-7-11-30)37(23-40(55)56)53-42(57)38-20-31(24-63-38)28-12-16-33(17-13-28)61-45(47,48)49/h2-21,24-26,35-37,41H,22-23H2,1H3,(H,53,57)(H,54,58)(H,55,56)(H,59,60)/t26-,35?,36?,37?,41?/m1/s1. The van der Waals surface area contributed by atoms with Crippen LogP contribution in [-0.2, 0) is 9.59 Å². The van der Waals surface area contributed by atoms with Gasteiger partial charge < -0.3 is 30.3 Å². The Morgan fingerprint density at radius 3 is 1.47 bits per heavy atom. The Labute approximate surface area is 370 Å². The van der Waals surface area contributed by atoms with Gasteiger partial charge in [-0.05, 0) is 87.0 Å². The van der Waals surface area contributed by atoms with Crippen molar-refractivity contribution in [3.63, 3.8) is 0 Å². The van der Waals surface area contributed by atoms with Crippen LogP contribution in [0.5, 0.6) is 11.5 Å². The topological polar surface area (TPSA) is 151 Å². The Kier molecular flexibility index (Phi) is 14.8. The van der Waals surface area contributed by atoms with E-state index < -0.39 is 84.2 Å². The molecule has 0 radical (unpaired) electrons. The lowest BCUT2D eigenvalue weighted by molar-refractivity contribution is -0.275. The van der Waals surface area contributed by atoms with Crippen molar-refractivity contribution in [1.29, 1.82) is 0 Å². The maximum atomic E-state index is 14.1. The summed E-state index contributed by atoms with van der Waals surface area (Å²) in [6.45, 7) is 1.75. The molecule has 64 heavy (non-hydrogen) atoms. The second-order valence-corrected chi connectivity index (χ2v) is 16.4. The van der Waals surface area contributed by atoms with E-state index in [2.05, 4.69) is 20.1 Å². The van der Waals surface area contributed by atoms with Crippen molar-refractivity contribution in [2.24, 2.45) is 5.92 Å². The molecule has 0 fully saturated rings. The van der Waals surface area contributed by atoms with Crippen LogP contribution >= 0.6 is 22.7 Å². The fourth-order valence-corrected chi connectivity index (χ4v) is 8.94. The summed E-state index contributed by atoms with van der Waals surface area (Å²) in [5.41, 5.74) is 3.18. The molecule has 334 valence electrons. The number of benzene rings is 4. The van der Waals surface area contributed by atoms with Gasteiger partial charge in [-0.3, -0.25) is 19.2 Å². The van der Waals surface area contributed by atoms with Crippen molar-refractivity contribution in [1.82, 2.24) is 10.6 Å². The van der Waals surface area contributed by atoms with Gasteiger partial charge in [-0.15, -0.1) is 49.0 Å². The minimum atomic E-state index is -4.88. The highest BCUT2D eigenvalue weighted by Gasteiger charge is 2.40. The highest BCUT2D eigenvalue weighted by Crippen LogP contribution is 2.37. The van der Waals surface area contributed by atoms with E-state index in [0.29, 0.717) is 33.4 Å². The van der Waals surface area contributed by atoms with E-state index in [9.17, 15) is 55.7 Å². The number of thiophene rings is 2. The van der Waals surface area contributed by atoms with Crippen LogP contribution in [0.1, 0.15) is 62.1 Å². The summed E-state index contributed by atoms with van der Waals surface area (Å²) in [5.74, 6) is -7.71. The number of ether oxygens (including phenoxy) is 2. The first kappa shape index (κ1) is 46.8. The van der Waals surface area contributed by atoms with Crippen LogP contribution < -0.4 is 20.1 Å². The molecule has 0 aliphatic heterocycles. The first-order valence-electron chi connectivity index (χ1n) is 19.4. The van der Waals surface area contributed by atoms with E-state index in [0.717, 1.165) is 46.9 Å². The highest BCUT2D eigenvalue weighted by atomic mass is 32.1. The molecule has 6 aromatic rings. The normalized spacial score (nSPS) is 14.0. The number of carbonyl (C=O) groups excluding carboxylic acids is 2. The van der Waals surface area contributed by atoms with E-state index in [1.54, 1.807) is 78.3 Å². The molecule has 2 amide bonds. The minimum Gasteiger partial charge on any atom is -0.481 e. The zero-order valence-electron chi connectivity index (χ0n) is 33.4. The van der Waals surface area contributed by atoms with Crippen molar-refractivity contribution in [2.45, 2.75) is 56.4 Å². The lowest BCUT2D eigenvalue weighted by Crippen LogP contribution is -2.48. The van der Waals surface area contributed by atoms with Crippen LogP contribution in [0.4, 0.5) is 26.3 Å². The van der Waals surface area contributed by atoms with Crippen LogP contribution in [0.3, 0.4) is 0 Å². The summed E-state index contributed by atoms with van der Waals surface area (Å²) >= 11 is 2.05. The lowest BCUT2D eigenvalue weighted by atomic mass is 9.76. The first-order valence-corrected chi connectivity index (χ1v) is 21.1. The average molecular weight is 925 g/mol. The van der Waals surface area contributed by atoms with Gasteiger partial charge in [0, 0.05) is 23.9 Å². The molecule has 0 aliphatic carbocycles. The molecule has 0 bridgehead atoms. The quantitative estimate of drug-likeness (QED) is 0.0622. The summed E-state index contributed by atoms with van der Waals surface area (Å²) in [5, 5.41) is 30.1. The number of aliphatic carboxylic acids is 2. The van der Waals surface area contributed by atoms with Crippen LogP contribution in [-0.4, -0.2) is 58.8 Å². The Bertz CT molecular complexity index is 2530. The molecular weight excluding hydrogens is 887 g/mol. The largest absolute Gasteiger partial charge is 0.573 e. The van der Waals surface area contributed by atoms with Crippen molar-refractivity contribution < 1.29 is 65.2 Å². The molecule has 4 N–H and O–H groups in total. The maximum absolute atomic E-state index is 14.1. The second kappa shape index (κ2) is 20.2. The van der Waals surface area contributed by atoms with E-state index in [1.807, 2.05) is 0 Å². The Morgan fingerprint density at radius 2 is 1.05 bits per heavy atom. The molecule has 6 rings (SSSR count). The van der Waals surface area contributed by atoms with Crippen LogP contribution in [0.25, 0.3) is 22.3 Å². The third-order valence-corrected chi connectivity index (χ3v) is 12.2. The van der Waals surface area contributed by atoms with Crippen molar-refractivity contribution in [2.75, 3.05) is 0 Å². The molecule has 18 heteroatoms. The Morgan fingerprint density at radius 1 is 0.609 bits per heavy atom. The molecule has 0 spiro atoms. The fourth-order valence-electron chi connectivity index (χ4n) is 7.30. The van der Waals surface area contributed by atoms with Crippen molar-refractivity contribution in [3.8, 4) is 33.8 Å². The number of carbonyl (C=O) groups is 4. The minimum absolute atomic E-state index is 0.145. The second-order valence-electron chi connectivity index (χ2n) is 14.6. The summed E-state index contributed by atoms with van der Waals surface area (Å²) in [6, 6.07) is 28.1. The number of carboxylic acids is 2. The predicted octanol–water partition coefficient (Wildman–Crippen LogP) is 11.0. The van der Waals surface area contributed by atoms with Gasteiger partial charge in [0.1, 0.15) is 11.5 Å². The Balaban J connectivity index is 1.29. The molecule has 2 aromatic heterocycles. The third-order valence-electron chi connectivity index (χ3n) is 10.3. The van der Waals surface area contributed by atoms with Gasteiger partial charge in [0.15, 0.2) is 0 Å². The van der Waals surface area contributed by atoms with Gasteiger partial charge in [0.25, 0.3) is 11.8 Å². The van der Waals surface area contributed by atoms with Gasteiger partial charge in [0.05, 0.1) is 22.1 Å². The van der Waals surface area contributed by atoms with Gasteiger partial charge in [-0.2, -0.15) is 0 Å². The lowest BCUT2D eigenvalue weighted by Gasteiger charge is -2.35. The summed E-state index contributed by atoms with van der Waals surface area (Å²) in [6.07, 6.45) is -10.6. The number of hydrogen-bond acceptors (Lipinski definition) is 8. The number of hydrogen-bond donors (Lipinski definition) is 4. The van der Waals surface area contributed by atoms with Crippen LogP contribution in [0.2, 0.25) is 0 Å². The van der Waals surface area contributed by atoms with Gasteiger partial charge >= 0.3 is 24.7 Å². The van der Waals surface area contributed by atoms with Crippen molar-refractivity contribution in [3.05, 3.63) is 153 Å². The number of amides is 2. The summed E-state index contributed by atoms with van der Waals surface area (Å²) in [4.78, 5) is 54.2. The molecule has 5 atom stereocenters. The number of carboxylic acid groups (broad SMARTS) is 2. The fraction of sp³-hybridized carbons (Fsp3) is 0.217. The molecule has 0 saturated carbocycles. The third kappa shape index (κ3) is 12.7. The highest BCUT2D eigenvalue weighted by molar-refractivity contribution is 7.12. The average Bonchev–Trinajstić information content (AvgIpc) is 3.95. The summed E-state index contributed by atoms with van der Waals surface area (Å²) < 4.78 is 84.1. The monoisotopic (exact) mass is 924 g/mol. The number of halogens is 6. The van der Waals surface area contributed by atoms with E-state index in [4.69, 9.17) is 0 Å². The number of nitrogens with one attached hydrogen (secondary N) is 2. The molecule has 0 aliphatic rings. The molecule has 0 saturated heterocycles. The summed E-state index contributed by atoms with van der Waals surface area (Å²) in [7, 11) is 0. The van der Waals surface area contributed by atoms with E-state index in [1.165, 1.54) is 36.4 Å². The van der Waals surface area contributed by atoms with E-state index in [-0.39, 0.29) is 16.2 Å². The Hall–Kier alpha value is -6.66. The first-order chi connectivity index (χ1) is 30.3. The van der Waals surface area contributed by atoms with Crippen molar-refractivity contribution >= 4 is 46.4 Å². The molecule has 4 unspecified atom stereocenters. The smallest absolute Gasteiger partial charge is 0.481 e. The van der Waals surface area contributed by atoms with Crippen LogP contribution in [0.15, 0.2) is 132 Å². The zero-order valence-corrected chi connectivity index (χ0v) is 35.1. The number of alkyl halides is 6. The van der Waals surface area contributed by atoms with Gasteiger partial charge in [-0.1, -0.05) is 91.9 Å². The molecule has 4 aromatic carbocycles. The molecule has 10 nitrogen and oxygen atoms in total. The van der Waals surface area contributed by atoms with Gasteiger partial charge in [0.2, 0.25) is 0 Å². The zero-order chi connectivity index (χ0) is 46.2. The SMILES string of the molecule is C[C@H](c1ccccc1)C(NC(=O)c1cc(-c2ccc(OC(F)(F)F)cc2)cs1)C(CC(c1ccccc1)C(CC(=O)O)NC(=O)c1cc(-c2ccc(OC(F)(F)F)cc2)cs1)C(=O)O. The van der Waals surface area contributed by atoms with E-state index >= 15 is 0 Å². The molecule has 2 heterocycles.